The molecule has 7 nitrogen and oxygen atoms in total. The predicted octanol–water partition coefficient (Wildman–Crippen LogP) is 0.944. The number of amides is 1. The number of likely N-dealkylation sites (tertiary alicyclic amines) is 1. The van der Waals surface area contributed by atoms with Gasteiger partial charge in [-0.2, -0.15) is 0 Å². The van der Waals surface area contributed by atoms with Crippen LogP contribution in [0.25, 0.3) is 10.9 Å². The van der Waals surface area contributed by atoms with E-state index in [1.54, 1.807) is 17.0 Å². The average Bonchev–Trinajstić information content (AvgIpc) is 3.21. The predicted molar refractivity (Wildman–Crippen MR) is 101 cm³/mol. The normalized spacial score (nSPS) is 25.1. The molecule has 2 fully saturated rings. The topological polar surface area (TPSA) is 95.3 Å². The first-order chi connectivity index (χ1) is 13.5. The highest BCUT2D eigenvalue weighted by molar-refractivity contribution is 5.85. The number of rotatable bonds is 4. The van der Waals surface area contributed by atoms with Crippen molar-refractivity contribution in [2.24, 2.45) is 11.8 Å². The lowest BCUT2D eigenvalue weighted by atomic mass is 9.81. The van der Waals surface area contributed by atoms with E-state index in [2.05, 4.69) is 4.98 Å². The van der Waals surface area contributed by atoms with Gasteiger partial charge in [0.1, 0.15) is 0 Å². The van der Waals surface area contributed by atoms with E-state index in [1.807, 2.05) is 18.2 Å². The van der Waals surface area contributed by atoms with E-state index < -0.39 is 12.0 Å². The number of carboxylic acids is 1. The van der Waals surface area contributed by atoms with Crippen LogP contribution in [-0.4, -0.2) is 38.9 Å². The highest BCUT2D eigenvalue weighted by Gasteiger charge is 2.35. The van der Waals surface area contributed by atoms with Crippen molar-refractivity contribution in [2.45, 2.75) is 51.1 Å². The molecular formula is C21H24N3O4-. The minimum Gasteiger partial charge on any atom is -0.548 e. The molecule has 1 aromatic heterocycles. The number of para-hydroxylation sites is 1. The van der Waals surface area contributed by atoms with Crippen LogP contribution in [0.15, 0.2) is 35.4 Å². The summed E-state index contributed by atoms with van der Waals surface area (Å²) in [4.78, 5) is 42.5. The molecule has 4 rings (SSSR count). The van der Waals surface area contributed by atoms with Crippen LogP contribution in [0, 0.1) is 11.8 Å². The van der Waals surface area contributed by atoms with E-state index >= 15 is 0 Å². The molecule has 0 bridgehead atoms. The Morgan fingerprint density at radius 3 is 2.61 bits per heavy atom. The number of nitrogens with zero attached hydrogens (tertiary/aromatic N) is 3. The second-order valence-corrected chi connectivity index (χ2v) is 7.95. The molecule has 2 aromatic rings. The number of aliphatic carboxylic acids is 1. The van der Waals surface area contributed by atoms with Crippen LogP contribution in [0.3, 0.4) is 0 Å². The Kier molecular flexibility index (Phi) is 5.15. The summed E-state index contributed by atoms with van der Waals surface area (Å²) in [6, 6.07) is 6.55. The first-order valence-corrected chi connectivity index (χ1v) is 10.00. The van der Waals surface area contributed by atoms with Gasteiger partial charge in [0.25, 0.3) is 5.56 Å². The largest absolute Gasteiger partial charge is 0.548 e. The number of fused-ring (bicyclic) bond motifs is 1. The number of carbonyl (C=O) groups is 2. The molecule has 1 saturated heterocycles. The molecule has 1 atom stereocenters. The number of hydrogen-bond donors (Lipinski definition) is 0. The fraction of sp³-hybridized carbons (Fsp3) is 0.524. The number of carboxylic acid groups (broad SMARTS) is 1. The number of carbonyl (C=O) groups excluding carboxylic acids is 2. The van der Waals surface area contributed by atoms with E-state index in [-0.39, 0.29) is 17.4 Å². The lowest BCUT2D eigenvalue weighted by molar-refractivity contribution is -0.310. The van der Waals surface area contributed by atoms with Gasteiger partial charge in [0, 0.05) is 19.0 Å². The smallest absolute Gasteiger partial charge is 0.261 e. The van der Waals surface area contributed by atoms with Crippen LogP contribution in [0.4, 0.5) is 0 Å². The summed E-state index contributed by atoms with van der Waals surface area (Å²) in [6.45, 7) is 1.11. The summed E-state index contributed by atoms with van der Waals surface area (Å²) in [5.74, 6) is -1.000. The third-order valence-electron chi connectivity index (χ3n) is 6.19. The van der Waals surface area contributed by atoms with Crippen LogP contribution < -0.4 is 10.7 Å². The highest BCUT2D eigenvalue weighted by atomic mass is 16.4. The lowest BCUT2D eigenvalue weighted by Gasteiger charge is -2.33. The maximum atomic E-state index is 12.8. The van der Waals surface area contributed by atoms with Crippen LogP contribution in [-0.2, 0) is 16.1 Å². The molecule has 0 N–H and O–H groups in total. The summed E-state index contributed by atoms with van der Waals surface area (Å²) in [6.07, 6.45) is 5.97. The molecule has 7 heteroatoms. The Hall–Kier alpha value is -2.70. The van der Waals surface area contributed by atoms with Gasteiger partial charge in [0.2, 0.25) is 5.91 Å². The number of aromatic nitrogens is 2. The fourth-order valence-electron chi connectivity index (χ4n) is 4.62. The van der Waals surface area contributed by atoms with E-state index in [0.29, 0.717) is 36.3 Å². The summed E-state index contributed by atoms with van der Waals surface area (Å²) in [7, 11) is 0. The standard InChI is InChI=1S/C21H25N3O4/c25-19(24-11-3-6-18(24)21(27)28)15-9-7-14(8-10-15)12-23-13-22-17-5-2-1-4-16(17)20(23)26/h1-2,4-5,13-15,18H,3,6-12H2,(H,27,28)/p-1/t14?,15?,18-/m1/s1. The zero-order chi connectivity index (χ0) is 19.7. The van der Waals surface area contributed by atoms with Gasteiger partial charge in [-0.3, -0.25) is 14.2 Å². The van der Waals surface area contributed by atoms with Crippen molar-refractivity contribution < 1.29 is 14.7 Å². The van der Waals surface area contributed by atoms with Crippen molar-refractivity contribution >= 4 is 22.8 Å². The average molecular weight is 382 g/mol. The van der Waals surface area contributed by atoms with Gasteiger partial charge in [-0.05, 0) is 56.6 Å². The van der Waals surface area contributed by atoms with Crippen molar-refractivity contribution in [3.63, 3.8) is 0 Å². The third kappa shape index (κ3) is 3.53. The molecule has 2 aliphatic rings. The molecule has 28 heavy (non-hydrogen) atoms. The van der Waals surface area contributed by atoms with Gasteiger partial charge in [0.05, 0.1) is 29.2 Å². The molecule has 0 spiro atoms. The van der Waals surface area contributed by atoms with E-state index in [1.165, 1.54) is 4.90 Å². The zero-order valence-corrected chi connectivity index (χ0v) is 15.8. The molecule has 1 amide bonds. The van der Waals surface area contributed by atoms with Crippen molar-refractivity contribution in [1.82, 2.24) is 14.5 Å². The molecular weight excluding hydrogens is 358 g/mol. The molecule has 2 heterocycles. The Bertz CT molecular complexity index is 946. The Balaban J connectivity index is 1.38. The van der Waals surface area contributed by atoms with Crippen molar-refractivity contribution in [2.75, 3.05) is 6.54 Å². The molecule has 148 valence electrons. The Morgan fingerprint density at radius 1 is 1.11 bits per heavy atom. The van der Waals surface area contributed by atoms with Crippen LogP contribution in [0.1, 0.15) is 38.5 Å². The van der Waals surface area contributed by atoms with Crippen molar-refractivity contribution in [3.05, 3.63) is 40.9 Å². The second-order valence-electron chi connectivity index (χ2n) is 7.95. The maximum absolute atomic E-state index is 12.8. The molecule has 1 aliphatic carbocycles. The SMILES string of the molecule is O=C([O-])[C@H]1CCCN1C(=O)C1CCC(Cn2cnc3ccccc3c2=O)CC1. The van der Waals surface area contributed by atoms with Gasteiger partial charge in [-0.15, -0.1) is 0 Å². The minimum absolute atomic E-state index is 0.0299. The molecule has 1 aromatic carbocycles. The molecule has 1 aliphatic heterocycles. The van der Waals surface area contributed by atoms with Gasteiger partial charge < -0.3 is 14.8 Å². The molecule has 0 unspecified atom stereocenters. The van der Waals surface area contributed by atoms with Gasteiger partial charge >= 0.3 is 0 Å². The van der Waals surface area contributed by atoms with E-state index in [9.17, 15) is 19.5 Å². The highest BCUT2D eigenvalue weighted by Crippen LogP contribution is 2.32. The summed E-state index contributed by atoms with van der Waals surface area (Å²) in [5.41, 5.74) is 0.670. The maximum Gasteiger partial charge on any atom is 0.261 e. The Morgan fingerprint density at radius 2 is 1.86 bits per heavy atom. The van der Waals surface area contributed by atoms with Crippen LogP contribution in [0.5, 0.6) is 0 Å². The summed E-state index contributed by atoms with van der Waals surface area (Å²) >= 11 is 0. The first-order valence-electron chi connectivity index (χ1n) is 10.00. The zero-order valence-electron chi connectivity index (χ0n) is 15.8. The lowest BCUT2D eigenvalue weighted by Crippen LogP contribution is -2.49. The van der Waals surface area contributed by atoms with Crippen molar-refractivity contribution in [1.29, 1.82) is 0 Å². The third-order valence-corrected chi connectivity index (χ3v) is 6.19. The molecule has 1 saturated carbocycles. The van der Waals surface area contributed by atoms with Gasteiger partial charge in [-0.1, -0.05) is 12.1 Å². The Labute approximate surface area is 163 Å². The number of benzene rings is 1. The second kappa shape index (κ2) is 7.73. The fourth-order valence-corrected chi connectivity index (χ4v) is 4.62. The van der Waals surface area contributed by atoms with Crippen molar-refractivity contribution in [3.8, 4) is 0 Å². The monoisotopic (exact) mass is 382 g/mol. The molecule has 0 radical (unpaired) electrons. The summed E-state index contributed by atoms with van der Waals surface area (Å²) in [5, 5.41) is 11.9. The van der Waals surface area contributed by atoms with Crippen LogP contribution in [0.2, 0.25) is 0 Å². The minimum atomic E-state index is -1.15. The van der Waals surface area contributed by atoms with Gasteiger partial charge in [0.15, 0.2) is 0 Å². The van der Waals surface area contributed by atoms with E-state index in [0.717, 1.165) is 32.1 Å². The van der Waals surface area contributed by atoms with E-state index in [4.69, 9.17) is 0 Å². The van der Waals surface area contributed by atoms with Gasteiger partial charge in [-0.25, -0.2) is 4.98 Å². The first kappa shape index (κ1) is 18.7. The number of hydrogen-bond acceptors (Lipinski definition) is 5. The van der Waals surface area contributed by atoms with Crippen LogP contribution >= 0.6 is 0 Å². The quantitative estimate of drug-likeness (QED) is 0.784. The summed E-state index contributed by atoms with van der Waals surface area (Å²) < 4.78 is 1.67.